The van der Waals surface area contributed by atoms with Gasteiger partial charge < -0.3 is 9.47 Å². The molecular formula is C17H17F4N5O2. The van der Waals surface area contributed by atoms with Crippen molar-refractivity contribution in [1.82, 2.24) is 24.6 Å². The van der Waals surface area contributed by atoms with Gasteiger partial charge in [0.15, 0.2) is 22.9 Å². The number of ether oxygens (including phenoxy) is 2. The molecule has 3 rings (SSSR count). The summed E-state index contributed by atoms with van der Waals surface area (Å²) in [4.78, 5) is 7.86. The highest BCUT2D eigenvalue weighted by molar-refractivity contribution is 5.59. The minimum Gasteiger partial charge on any atom is -0.460 e. The van der Waals surface area contributed by atoms with E-state index in [0.717, 1.165) is 19.9 Å². The maximum atomic E-state index is 14.3. The van der Waals surface area contributed by atoms with E-state index in [9.17, 15) is 17.6 Å². The normalized spacial score (nSPS) is 13.7. The van der Waals surface area contributed by atoms with Crippen molar-refractivity contribution in [1.29, 1.82) is 0 Å². The van der Waals surface area contributed by atoms with Gasteiger partial charge in [-0.05, 0) is 26.8 Å². The molecule has 0 radical (unpaired) electrons. The zero-order valence-corrected chi connectivity index (χ0v) is 15.5. The third-order valence-electron chi connectivity index (χ3n) is 4.17. The van der Waals surface area contributed by atoms with E-state index < -0.39 is 23.5 Å². The van der Waals surface area contributed by atoms with Gasteiger partial charge in [-0.2, -0.15) is 13.2 Å². The molecule has 0 saturated heterocycles. The Hall–Kier alpha value is -2.82. The number of fused-ring (bicyclic) bond motifs is 1. The van der Waals surface area contributed by atoms with Crippen LogP contribution in [0, 0.1) is 5.82 Å². The van der Waals surface area contributed by atoms with Crippen LogP contribution < -0.4 is 4.74 Å². The van der Waals surface area contributed by atoms with E-state index in [2.05, 4.69) is 20.2 Å². The Labute approximate surface area is 157 Å². The predicted octanol–water partition coefficient (Wildman–Crippen LogP) is 3.75. The number of nitrogens with zero attached hydrogens (tertiary/aromatic N) is 5. The number of hydrogen-bond donors (Lipinski definition) is 0. The highest BCUT2D eigenvalue weighted by Gasteiger charge is 2.50. The third-order valence-corrected chi connectivity index (χ3v) is 4.17. The van der Waals surface area contributed by atoms with E-state index in [-0.39, 0.29) is 11.7 Å². The van der Waals surface area contributed by atoms with E-state index in [1.165, 1.54) is 19.5 Å². The zero-order chi connectivity index (χ0) is 20.7. The number of alkyl halides is 3. The maximum Gasteiger partial charge on any atom is 0.427 e. The van der Waals surface area contributed by atoms with Crippen LogP contribution in [0.5, 0.6) is 5.88 Å². The molecule has 0 aromatic carbocycles. The molecule has 0 fully saturated rings. The van der Waals surface area contributed by atoms with Crippen LogP contribution in [0.2, 0.25) is 0 Å². The molecule has 3 aromatic rings. The molecule has 1 atom stereocenters. The fourth-order valence-electron chi connectivity index (χ4n) is 2.29. The molecule has 0 aliphatic carbocycles. The van der Waals surface area contributed by atoms with Gasteiger partial charge in [0.2, 0.25) is 0 Å². The molecule has 0 spiro atoms. The quantitative estimate of drug-likeness (QED) is 0.609. The van der Waals surface area contributed by atoms with Crippen molar-refractivity contribution in [2.24, 2.45) is 0 Å². The number of pyridine rings is 1. The molecule has 0 amide bonds. The molecule has 0 bridgehead atoms. The van der Waals surface area contributed by atoms with Gasteiger partial charge in [-0.3, -0.25) is 9.38 Å². The Bertz CT molecular complexity index is 1000. The molecule has 11 heteroatoms. The first-order valence-corrected chi connectivity index (χ1v) is 8.18. The first kappa shape index (κ1) is 19.9. The monoisotopic (exact) mass is 399 g/mol. The van der Waals surface area contributed by atoms with E-state index in [0.29, 0.717) is 17.2 Å². The molecule has 150 valence electrons. The van der Waals surface area contributed by atoms with Gasteiger partial charge in [0.25, 0.3) is 5.88 Å². The summed E-state index contributed by atoms with van der Waals surface area (Å²) in [5.74, 6) is -1.27. The summed E-state index contributed by atoms with van der Waals surface area (Å²) in [7, 11) is 1.52. The van der Waals surface area contributed by atoms with Crippen molar-refractivity contribution in [2.75, 3.05) is 7.11 Å². The van der Waals surface area contributed by atoms with Crippen LogP contribution in [0.4, 0.5) is 17.6 Å². The van der Waals surface area contributed by atoms with Gasteiger partial charge in [-0.25, -0.2) is 9.37 Å². The van der Waals surface area contributed by atoms with Crippen LogP contribution in [0.15, 0.2) is 24.7 Å². The predicted molar refractivity (Wildman–Crippen MR) is 90.2 cm³/mol. The molecule has 3 aromatic heterocycles. The molecule has 3 heterocycles. The number of rotatable bonds is 5. The smallest absolute Gasteiger partial charge is 0.427 e. The summed E-state index contributed by atoms with van der Waals surface area (Å²) < 4.78 is 64.7. The highest BCUT2D eigenvalue weighted by Crippen LogP contribution is 2.34. The van der Waals surface area contributed by atoms with Crippen molar-refractivity contribution >= 4 is 5.65 Å². The first-order chi connectivity index (χ1) is 13.0. The minimum atomic E-state index is -4.69. The molecule has 7 nitrogen and oxygen atoms in total. The Morgan fingerprint density at radius 2 is 1.82 bits per heavy atom. The third kappa shape index (κ3) is 3.61. The Morgan fingerprint density at radius 1 is 1.11 bits per heavy atom. The average molecular weight is 399 g/mol. The highest BCUT2D eigenvalue weighted by atomic mass is 19.4. The van der Waals surface area contributed by atoms with Crippen LogP contribution >= 0.6 is 0 Å². The lowest BCUT2D eigenvalue weighted by Gasteiger charge is -2.28. The average Bonchev–Trinajstić information content (AvgIpc) is 3.04. The van der Waals surface area contributed by atoms with Crippen LogP contribution in [-0.4, -0.2) is 43.5 Å². The molecule has 0 aliphatic rings. The summed E-state index contributed by atoms with van der Waals surface area (Å²) >= 11 is 0. The fourth-order valence-corrected chi connectivity index (χ4v) is 2.29. The second-order valence-corrected chi connectivity index (χ2v) is 6.56. The lowest BCUT2D eigenvalue weighted by molar-refractivity contribution is -0.235. The van der Waals surface area contributed by atoms with Crippen molar-refractivity contribution in [3.8, 4) is 17.1 Å². The standard InChI is InChI=1S/C17H17F4N5O2/c1-9(27-4)14-25-24-13-7-22-12(8-26(13)14)10-5-11(18)15(23-6-10)28-16(2,3)17(19,20)21/h5-9H,1-4H3/t9-/m1/s1. The molecule has 0 unspecified atom stereocenters. The van der Waals surface area contributed by atoms with Gasteiger partial charge in [0, 0.05) is 25.1 Å². The van der Waals surface area contributed by atoms with Gasteiger partial charge in [-0.15, -0.1) is 10.2 Å². The second-order valence-electron chi connectivity index (χ2n) is 6.56. The largest absolute Gasteiger partial charge is 0.460 e. The van der Waals surface area contributed by atoms with Gasteiger partial charge in [0.05, 0.1) is 11.9 Å². The van der Waals surface area contributed by atoms with Crippen LogP contribution in [0.3, 0.4) is 0 Å². The number of methoxy groups -OCH3 is 1. The first-order valence-electron chi connectivity index (χ1n) is 8.18. The molecule has 0 N–H and O–H groups in total. The molecule has 0 aliphatic heterocycles. The summed E-state index contributed by atoms with van der Waals surface area (Å²) in [5.41, 5.74) is -1.55. The fraction of sp³-hybridized carbons (Fsp3) is 0.412. The van der Waals surface area contributed by atoms with Crippen LogP contribution in [-0.2, 0) is 4.74 Å². The van der Waals surface area contributed by atoms with Crippen LogP contribution in [0.25, 0.3) is 16.9 Å². The Kier molecular flexibility index (Phi) is 4.96. The van der Waals surface area contributed by atoms with Crippen molar-refractivity contribution in [3.63, 3.8) is 0 Å². The van der Waals surface area contributed by atoms with Gasteiger partial charge >= 0.3 is 6.18 Å². The van der Waals surface area contributed by atoms with E-state index in [1.54, 1.807) is 17.5 Å². The summed E-state index contributed by atoms with van der Waals surface area (Å²) in [6, 6.07) is 1.01. The number of aromatic nitrogens is 5. The lowest BCUT2D eigenvalue weighted by Crippen LogP contribution is -2.45. The Balaban J connectivity index is 1.96. The number of hydrogen-bond acceptors (Lipinski definition) is 6. The van der Waals surface area contributed by atoms with Gasteiger partial charge in [0.1, 0.15) is 6.10 Å². The second kappa shape index (κ2) is 6.97. The zero-order valence-electron chi connectivity index (χ0n) is 15.5. The lowest BCUT2D eigenvalue weighted by atomic mass is 10.1. The molecule has 28 heavy (non-hydrogen) atoms. The maximum absolute atomic E-state index is 14.3. The summed E-state index contributed by atoms with van der Waals surface area (Å²) in [6.45, 7) is 3.37. The van der Waals surface area contributed by atoms with Crippen molar-refractivity contribution < 1.29 is 27.0 Å². The minimum absolute atomic E-state index is 0.251. The van der Waals surface area contributed by atoms with Gasteiger partial charge in [-0.1, -0.05) is 0 Å². The SMILES string of the molecule is CO[C@H](C)c1nnc2cnc(-c3cnc(OC(C)(C)C(F)(F)F)c(F)c3)cn12. The number of halogens is 4. The van der Waals surface area contributed by atoms with E-state index in [1.807, 2.05) is 0 Å². The topological polar surface area (TPSA) is 74.4 Å². The van der Waals surface area contributed by atoms with E-state index in [4.69, 9.17) is 9.47 Å². The van der Waals surface area contributed by atoms with Crippen molar-refractivity contribution in [3.05, 3.63) is 36.3 Å². The molecule has 0 saturated carbocycles. The van der Waals surface area contributed by atoms with E-state index >= 15 is 0 Å². The summed E-state index contributed by atoms with van der Waals surface area (Å²) in [5, 5.41) is 8.00. The summed E-state index contributed by atoms with van der Waals surface area (Å²) in [6.07, 6.45) is -0.849. The molecular weight excluding hydrogens is 382 g/mol. The Morgan fingerprint density at radius 3 is 2.43 bits per heavy atom. The van der Waals surface area contributed by atoms with Crippen LogP contribution in [0.1, 0.15) is 32.7 Å². The van der Waals surface area contributed by atoms with Crippen molar-refractivity contribution in [2.45, 2.75) is 38.7 Å².